The molecule has 27 heavy (non-hydrogen) atoms. The quantitative estimate of drug-likeness (QED) is 0.794. The Morgan fingerprint density at radius 1 is 1.37 bits per heavy atom. The van der Waals surface area contributed by atoms with Crippen molar-refractivity contribution in [3.8, 4) is 5.75 Å². The lowest BCUT2D eigenvalue weighted by atomic mass is 9.87. The fourth-order valence-electron chi connectivity index (χ4n) is 3.84. The highest BCUT2D eigenvalue weighted by Crippen LogP contribution is 2.36. The van der Waals surface area contributed by atoms with Gasteiger partial charge in [0, 0.05) is 36.7 Å². The van der Waals surface area contributed by atoms with Crippen molar-refractivity contribution in [3.05, 3.63) is 30.0 Å². The molecule has 6 heteroatoms. The first-order valence-corrected chi connectivity index (χ1v) is 9.62. The average Bonchev–Trinajstić information content (AvgIpc) is 3.49. The van der Waals surface area contributed by atoms with Crippen LogP contribution >= 0.6 is 0 Å². The van der Waals surface area contributed by atoms with Gasteiger partial charge in [0.15, 0.2) is 0 Å². The first-order valence-electron chi connectivity index (χ1n) is 9.62. The van der Waals surface area contributed by atoms with Crippen LogP contribution in [0, 0.1) is 17.8 Å². The van der Waals surface area contributed by atoms with E-state index in [9.17, 15) is 9.59 Å². The number of ether oxygens (including phenoxy) is 1. The molecule has 0 bridgehead atoms. The summed E-state index contributed by atoms with van der Waals surface area (Å²) in [7, 11) is 0. The molecule has 1 aliphatic carbocycles. The number of nitrogens with zero attached hydrogens (tertiary/aromatic N) is 2. The molecule has 142 valence electrons. The number of primary amides is 1. The van der Waals surface area contributed by atoms with Gasteiger partial charge in [-0.3, -0.25) is 9.78 Å². The number of anilines is 1. The Balaban J connectivity index is 1.70. The summed E-state index contributed by atoms with van der Waals surface area (Å²) in [4.78, 5) is 29.9. The molecule has 6 nitrogen and oxygen atoms in total. The number of rotatable bonds is 6. The summed E-state index contributed by atoms with van der Waals surface area (Å²) in [6.45, 7) is 4.24. The van der Waals surface area contributed by atoms with Crippen LogP contribution in [0.5, 0.6) is 5.75 Å². The largest absolute Gasteiger partial charge is 0.493 e. The molecule has 1 aromatic heterocycles. The molecule has 1 saturated carbocycles. The Hall–Kier alpha value is -2.63. The van der Waals surface area contributed by atoms with Crippen molar-refractivity contribution in [3.63, 3.8) is 0 Å². The normalized spacial score (nSPS) is 22.6. The number of carbonyl (C=O) groups is 2. The van der Waals surface area contributed by atoms with Crippen LogP contribution in [0.1, 0.15) is 36.5 Å². The van der Waals surface area contributed by atoms with Crippen molar-refractivity contribution < 1.29 is 14.3 Å². The highest BCUT2D eigenvalue weighted by Gasteiger charge is 2.29. The minimum absolute atomic E-state index is 0.0637. The number of carbonyl (C=O) groups excluding carboxylic acids is 2. The molecule has 2 heterocycles. The van der Waals surface area contributed by atoms with Gasteiger partial charge >= 0.3 is 0 Å². The molecule has 2 fully saturated rings. The maximum atomic E-state index is 12.0. The van der Waals surface area contributed by atoms with Gasteiger partial charge in [-0.1, -0.05) is 6.92 Å². The first-order chi connectivity index (χ1) is 13.1. The SMILES string of the molecule is CC1CN(c2c(C(N)=O)cnc3cc(OCC4CC4)ccc23)CCC1C=O. The van der Waals surface area contributed by atoms with Crippen LogP contribution in [0.25, 0.3) is 10.9 Å². The Bertz CT molecular complexity index is 878. The van der Waals surface area contributed by atoms with Crippen LogP contribution in [0.2, 0.25) is 0 Å². The number of benzene rings is 1. The second-order valence-electron chi connectivity index (χ2n) is 7.83. The zero-order valence-electron chi connectivity index (χ0n) is 15.6. The maximum absolute atomic E-state index is 12.0. The number of piperidine rings is 1. The smallest absolute Gasteiger partial charge is 0.252 e. The summed E-state index contributed by atoms with van der Waals surface area (Å²) < 4.78 is 5.86. The molecular weight excluding hydrogens is 342 g/mol. The van der Waals surface area contributed by atoms with Crippen molar-refractivity contribution in [1.29, 1.82) is 0 Å². The van der Waals surface area contributed by atoms with E-state index in [-0.39, 0.29) is 11.8 Å². The van der Waals surface area contributed by atoms with E-state index in [1.165, 1.54) is 12.8 Å². The van der Waals surface area contributed by atoms with Gasteiger partial charge in [0.1, 0.15) is 12.0 Å². The maximum Gasteiger partial charge on any atom is 0.252 e. The highest BCUT2D eigenvalue weighted by atomic mass is 16.5. The third-order valence-corrected chi connectivity index (χ3v) is 5.72. The molecule has 1 aromatic carbocycles. The molecule has 0 spiro atoms. The monoisotopic (exact) mass is 367 g/mol. The van der Waals surface area contributed by atoms with Gasteiger partial charge in [-0.2, -0.15) is 0 Å². The number of nitrogens with two attached hydrogens (primary N) is 1. The number of amides is 1. The van der Waals surface area contributed by atoms with E-state index in [0.29, 0.717) is 24.6 Å². The predicted molar refractivity (Wildman–Crippen MR) is 104 cm³/mol. The molecular formula is C21H25N3O3. The highest BCUT2D eigenvalue weighted by molar-refractivity contribution is 6.07. The van der Waals surface area contributed by atoms with E-state index in [0.717, 1.165) is 41.7 Å². The molecule has 2 atom stereocenters. The topological polar surface area (TPSA) is 85.5 Å². The van der Waals surface area contributed by atoms with Crippen LogP contribution in [-0.4, -0.2) is 36.9 Å². The van der Waals surface area contributed by atoms with Crippen molar-refractivity contribution in [2.45, 2.75) is 26.2 Å². The van der Waals surface area contributed by atoms with Crippen LogP contribution in [0.3, 0.4) is 0 Å². The van der Waals surface area contributed by atoms with Crippen molar-refractivity contribution in [1.82, 2.24) is 4.98 Å². The van der Waals surface area contributed by atoms with Crippen LogP contribution in [-0.2, 0) is 4.79 Å². The zero-order valence-corrected chi connectivity index (χ0v) is 15.6. The number of aromatic nitrogens is 1. The number of pyridine rings is 1. The van der Waals surface area contributed by atoms with Crippen LogP contribution in [0.15, 0.2) is 24.4 Å². The van der Waals surface area contributed by atoms with E-state index in [4.69, 9.17) is 10.5 Å². The van der Waals surface area contributed by atoms with Gasteiger partial charge < -0.3 is 20.2 Å². The van der Waals surface area contributed by atoms with Gasteiger partial charge in [-0.05, 0) is 43.2 Å². The third-order valence-electron chi connectivity index (χ3n) is 5.72. The lowest BCUT2D eigenvalue weighted by Gasteiger charge is -2.37. The number of hydrogen-bond acceptors (Lipinski definition) is 5. The lowest BCUT2D eigenvalue weighted by Crippen LogP contribution is -2.41. The van der Waals surface area contributed by atoms with Gasteiger partial charge in [-0.25, -0.2) is 0 Å². The second-order valence-corrected chi connectivity index (χ2v) is 7.83. The summed E-state index contributed by atoms with van der Waals surface area (Å²) in [6, 6.07) is 5.82. The summed E-state index contributed by atoms with van der Waals surface area (Å²) in [5.41, 5.74) is 7.66. The number of aldehydes is 1. The summed E-state index contributed by atoms with van der Waals surface area (Å²) in [5.74, 6) is 1.28. The molecule has 1 saturated heterocycles. The molecule has 2 unspecified atom stereocenters. The molecule has 2 aromatic rings. The van der Waals surface area contributed by atoms with E-state index in [2.05, 4.69) is 16.8 Å². The summed E-state index contributed by atoms with van der Waals surface area (Å²) in [5, 5.41) is 0.891. The first kappa shape index (κ1) is 17.8. The Morgan fingerprint density at radius 2 is 2.19 bits per heavy atom. The molecule has 1 amide bonds. The van der Waals surface area contributed by atoms with Crippen LogP contribution in [0.4, 0.5) is 5.69 Å². The number of hydrogen-bond donors (Lipinski definition) is 1. The van der Waals surface area contributed by atoms with Gasteiger partial charge in [0.2, 0.25) is 0 Å². The van der Waals surface area contributed by atoms with Gasteiger partial charge in [0.05, 0.1) is 23.4 Å². The number of fused-ring (bicyclic) bond motifs is 1. The fourth-order valence-corrected chi connectivity index (χ4v) is 3.84. The van der Waals surface area contributed by atoms with E-state index >= 15 is 0 Å². The summed E-state index contributed by atoms with van der Waals surface area (Å²) >= 11 is 0. The molecule has 1 aliphatic heterocycles. The van der Waals surface area contributed by atoms with Crippen molar-refractivity contribution in [2.75, 3.05) is 24.6 Å². The Kier molecular flexibility index (Phi) is 4.72. The van der Waals surface area contributed by atoms with Gasteiger partial charge in [0.25, 0.3) is 5.91 Å². The average molecular weight is 367 g/mol. The van der Waals surface area contributed by atoms with Crippen molar-refractivity contribution in [2.24, 2.45) is 23.5 Å². The lowest BCUT2D eigenvalue weighted by molar-refractivity contribution is -0.112. The van der Waals surface area contributed by atoms with Gasteiger partial charge in [-0.15, -0.1) is 0 Å². The second kappa shape index (κ2) is 7.18. The van der Waals surface area contributed by atoms with Crippen LogP contribution < -0.4 is 15.4 Å². The molecule has 2 aliphatic rings. The van der Waals surface area contributed by atoms with E-state index < -0.39 is 5.91 Å². The molecule has 4 rings (SSSR count). The standard InChI is InChI=1S/C21H25N3O3/c1-13-10-24(7-6-15(13)11-25)20-17-5-4-16(27-12-14-2-3-14)8-19(17)23-9-18(20)21(22)26/h4-5,8-9,11,13-15H,2-3,6-7,10,12H2,1H3,(H2,22,26). The van der Waals surface area contributed by atoms with E-state index in [1.807, 2.05) is 18.2 Å². The molecule has 2 N–H and O–H groups in total. The Morgan fingerprint density at radius 3 is 2.85 bits per heavy atom. The molecule has 0 radical (unpaired) electrons. The minimum atomic E-state index is -0.487. The Labute approximate surface area is 158 Å². The fraction of sp³-hybridized carbons (Fsp3) is 0.476. The minimum Gasteiger partial charge on any atom is -0.493 e. The van der Waals surface area contributed by atoms with E-state index in [1.54, 1.807) is 6.20 Å². The third kappa shape index (κ3) is 3.61. The summed E-state index contributed by atoms with van der Waals surface area (Å²) in [6.07, 6.45) is 5.86. The zero-order chi connectivity index (χ0) is 19.0. The predicted octanol–water partition coefficient (Wildman–Crippen LogP) is 2.78. The van der Waals surface area contributed by atoms with Crippen molar-refractivity contribution >= 4 is 28.8 Å².